The van der Waals surface area contributed by atoms with Crippen LogP contribution in [0.2, 0.25) is 0 Å². The normalized spacial score (nSPS) is 11.6. The molecule has 1 aromatic heterocycles. The average molecular weight is 225 g/mol. The fourth-order valence-electron chi connectivity index (χ4n) is 1.52. The molecule has 90 valence electrons. The van der Waals surface area contributed by atoms with Gasteiger partial charge in [-0.05, 0) is 20.8 Å². The highest BCUT2D eigenvalue weighted by Crippen LogP contribution is 2.09. The molecule has 1 rings (SSSR count). The molecule has 0 aliphatic rings. The molecule has 0 aliphatic heterocycles. The van der Waals surface area contributed by atoms with Crippen LogP contribution in [0.5, 0.6) is 0 Å². The first-order chi connectivity index (χ1) is 7.35. The van der Waals surface area contributed by atoms with E-state index >= 15 is 0 Å². The molecule has 1 heterocycles. The van der Waals surface area contributed by atoms with Gasteiger partial charge in [0.2, 0.25) is 0 Å². The molecule has 0 aromatic carbocycles. The maximum atomic E-state index is 12.1. The highest BCUT2D eigenvalue weighted by molar-refractivity contribution is 5.92. The molecular formula is C11H19N3O2. The van der Waals surface area contributed by atoms with Crippen molar-refractivity contribution in [3.8, 4) is 0 Å². The minimum absolute atomic E-state index is 0.107. The smallest absolute Gasteiger partial charge is 0.272 e. The van der Waals surface area contributed by atoms with E-state index < -0.39 is 5.60 Å². The third kappa shape index (κ3) is 3.06. The number of hydrogen-bond donors (Lipinski definition) is 1. The summed E-state index contributed by atoms with van der Waals surface area (Å²) < 4.78 is 1.68. The van der Waals surface area contributed by atoms with E-state index in [1.807, 2.05) is 6.92 Å². The number of rotatable bonds is 4. The molecule has 0 saturated carbocycles. The van der Waals surface area contributed by atoms with Crippen molar-refractivity contribution in [2.75, 3.05) is 13.1 Å². The van der Waals surface area contributed by atoms with Gasteiger partial charge >= 0.3 is 0 Å². The molecule has 0 unspecified atom stereocenters. The summed E-state index contributed by atoms with van der Waals surface area (Å²) in [5.41, 5.74) is -0.351. The molecule has 16 heavy (non-hydrogen) atoms. The highest BCUT2D eigenvalue weighted by atomic mass is 16.3. The number of aryl methyl sites for hydroxylation is 1. The Morgan fingerprint density at radius 3 is 2.62 bits per heavy atom. The van der Waals surface area contributed by atoms with E-state index in [9.17, 15) is 9.90 Å². The minimum Gasteiger partial charge on any atom is -0.389 e. The third-order valence-electron chi connectivity index (χ3n) is 2.28. The summed E-state index contributed by atoms with van der Waals surface area (Å²) in [6.45, 7) is 6.14. The van der Waals surface area contributed by atoms with Crippen molar-refractivity contribution in [2.45, 2.75) is 26.4 Å². The first kappa shape index (κ1) is 12.7. The maximum absolute atomic E-state index is 12.1. The van der Waals surface area contributed by atoms with E-state index in [0.717, 1.165) is 0 Å². The largest absolute Gasteiger partial charge is 0.389 e. The summed E-state index contributed by atoms with van der Waals surface area (Å²) in [5.74, 6) is -0.107. The number of aromatic nitrogens is 2. The number of aliphatic hydroxyl groups is 1. The van der Waals surface area contributed by atoms with Gasteiger partial charge in [-0.15, -0.1) is 0 Å². The SMILES string of the molecule is CCN(CC(C)(C)O)C(=O)c1cncn1C. The summed E-state index contributed by atoms with van der Waals surface area (Å²) in [7, 11) is 1.78. The molecule has 1 aromatic rings. The summed E-state index contributed by atoms with van der Waals surface area (Å²) in [4.78, 5) is 17.6. The van der Waals surface area contributed by atoms with Crippen molar-refractivity contribution >= 4 is 5.91 Å². The Morgan fingerprint density at radius 1 is 1.62 bits per heavy atom. The van der Waals surface area contributed by atoms with Crippen LogP contribution in [0.15, 0.2) is 12.5 Å². The van der Waals surface area contributed by atoms with Gasteiger partial charge in [0.25, 0.3) is 5.91 Å². The van der Waals surface area contributed by atoms with E-state index in [-0.39, 0.29) is 5.91 Å². The Bertz CT molecular complexity index is 366. The van der Waals surface area contributed by atoms with E-state index in [4.69, 9.17) is 0 Å². The van der Waals surface area contributed by atoms with Crippen LogP contribution in [0.4, 0.5) is 0 Å². The van der Waals surface area contributed by atoms with E-state index in [0.29, 0.717) is 18.8 Å². The monoisotopic (exact) mass is 225 g/mol. The number of carbonyl (C=O) groups is 1. The van der Waals surface area contributed by atoms with Gasteiger partial charge in [0.15, 0.2) is 0 Å². The van der Waals surface area contributed by atoms with Gasteiger partial charge in [0.05, 0.1) is 18.1 Å². The quantitative estimate of drug-likeness (QED) is 0.818. The Labute approximate surface area is 95.7 Å². The second kappa shape index (κ2) is 4.65. The number of nitrogens with zero attached hydrogens (tertiary/aromatic N) is 3. The van der Waals surface area contributed by atoms with Gasteiger partial charge in [-0.1, -0.05) is 0 Å². The maximum Gasteiger partial charge on any atom is 0.272 e. The topological polar surface area (TPSA) is 58.4 Å². The van der Waals surface area contributed by atoms with Gasteiger partial charge in [0.1, 0.15) is 5.69 Å². The van der Waals surface area contributed by atoms with Gasteiger partial charge in [-0.25, -0.2) is 4.98 Å². The molecule has 0 atom stereocenters. The molecule has 1 amide bonds. The fourth-order valence-corrected chi connectivity index (χ4v) is 1.52. The first-order valence-corrected chi connectivity index (χ1v) is 5.33. The van der Waals surface area contributed by atoms with E-state index in [1.165, 1.54) is 6.20 Å². The van der Waals surface area contributed by atoms with Crippen LogP contribution in [-0.4, -0.2) is 44.2 Å². The van der Waals surface area contributed by atoms with Crippen molar-refractivity contribution in [2.24, 2.45) is 7.05 Å². The Morgan fingerprint density at radius 2 is 2.25 bits per heavy atom. The molecule has 0 saturated heterocycles. The second-order valence-corrected chi connectivity index (χ2v) is 4.52. The third-order valence-corrected chi connectivity index (χ3v) is 2.28. The number of likely N-dealkylation sites (N-methyl/N-ethyl adjacent to an activating group) is 1. The zero-order valence-electron chi connectivity index (χ0n) is 10.3. The molecule has 0 radical (unpaired) electrons. The lowest BCUT2D eigenvalue weighted by atomic mass is 10.1. The van der Waals surface area contributed by atoms with Crippen LogP contribution < -0.4 is 0 Å². The molecule has 0 spiro atoms. The number of imidazole rings is 1. The molecule has 5 heteroatoms. The molecule has 5 nitrogen and oxygen atoms in total. The average Bonchev–Trinajstić information content (AvgIpc) is 2.58. The van der Waals surface area contributed by atoms with Crippen molar-refractivity contribution in [3.63, 3.8) is 0 Å². The number of hydrogen-bond acceptors (Lipinski definition) is 3. The van der Waals surface area contributed by atoms with Crippen molar-refractivity contribution in [1.82, 2.24) is 14.5 Å². The van der Waals surface area contributed by atoms with Crippen LogP contribution in [-0.2, 0) is 7.05 Å². The molecular weight excluding hydrogens is 206 g/mol. The van der Waals surface area contributed by atoms with Crippen LogP contribution in [0.25, 0.3) is 0 Å². The van der Waals surface area contributed by atoms with Crippen molar-refractivity contribution in [1.29, 1.82) is 0 Å². The van der Waals surface area contributed by atoms with Gasteiger partial charge < -0.3 is 14.6 Å². The molecule has 0 fully saturated rings. The second-order valence-electron chi connectivity index (χ2n) is 4.52. The van der Waals surface area contributed by atoms with Crippen LogP contribution in [0.3, 0.4) is 0 Å². The Balaban J connectivity index is 2.82. The minimum atomic E-state index is -0.885. The van der Waals surface area contributed by atoms with Gasteiger partial charge in [-0.3, -0.25) is 4.79 Å². The van der Waals surface area contributed by atoms with E-state index in [2.05, 4.69) is 4.98 Å². The van der Waals surface area contributed by atoms with Crippen LogP contribution >= 0.6 is 0 Å². The van der Waals surface area contributed by atoms with Crippen molar-refractivity contribution in [3.05, 3.63) is 18.2 Å². The zero-order chi connectivity index (χ0) is 12.3. The predicted octanol–water partition coefficient (Wildman–Crippen LogP) is 0.653. The summed E-state index contributed by atoms with van der Waals surface area (Å²) in [6.07, 6.45) is 3.13. The molecule has 0 aliphatic carbocycles. The summed E-state index contributed by atoms with van der Waals surface area (Å²) in [6, 6.07) is 0. The lowest BCUT2D eigenvalue weighted by molar-refractivity contribution is 0.0309. The van der Waals surface area contributed by atoms with Crippen molar-refractivity contribution < 1.29 is 9.90 Å². The lowest BCUT2D eigenvalue weighted by Crippen LogP contribution is -2.42. The fraction of sp³-hybridized carbons (Fsp3) is 0.636. The Hall–Kier alpha value is -1.36. The van der Waals surface area contributed by atoms with E-state index in [1.54, 1.807) is 36.7 Å². The van der Waals surface area contributed by atoms with Crippen LogP contribution in [0.1, 0.15) is 31.3 Å². The summed E-state index contributed by atoms with van der Waals surface area (Å²) in [5, 5.41) is 9.72. The lowest BCUT2D eigenvalue weighted by Gasteiger charge is -2.28. The number of carbonyl (C=O) groups excluding carboxylic acids is 1. The predicted molar refractivity (Wildman–Crippen MR) is 61.1 cm³/mol. The molecule has 0 bridgehead atoms. The first-order valence-electron chi connectivity index (χ1n) is 5.33. The zero-order valence-corrected chi connectivity index (χ0v) is 10.3. The molecule has 1 N–H and O–H groups in total. The van der Waals surface area contributed by atoms with Gasteiger partial charge in [-0.2, -0.15) is 0 Å². The van der Waals surface area contributed by atoms with Crippen LogP contribution in [0, 0.1) is 0 Å². The highest BCUT2D eigenvalue weighted by Gasteiger charge is 2.23. The Kier molecular flexibility index (Phi) is 3.70. The standard InChI is InChI=1S/C11H19N3O2/c1-5-14(7-11(2,3)16)10(15)9-6-12-8-13(9)4/h6,8,16H,5,7H2,1-4H3. The van der Waals surface area contributed by atoms with Gasteiger partial charge in [0, 0.05) is 20.1 Å². The number of amides is 1. The summed E-state index contributed by atoms with van der Waals surface area (Å²) >= 11 is 0.